The summed E-state index contributed by atoms with van der Waals surface area (Å²) in [6.07, 6.45) is 6.70. The van der Waals surface area contributed by atoms with Gasteiger partial charge in [0.15, 0.2) is 5.13 Å². The average Bonchev–Trinajstić information content (AvgIpc) is 3.41. The van der Waals surface area contributed by atoms with Gasteiger partial charge in [0.25, 0.3) is 0 Å². The molecule has 5 rings (SSSR count). The van der Waals surface area contributed by atoms with Crippen LogP contribution in [-0.2, 0) is 0 Å². The third-order valence-electron chi connectivity index (χ3n) is 4.94. The highest BCUT2D eigenvalue weighted by Crippen LogP contribution is 2.38. The van der Waals surface area contributed by atoms with Crippen molar-refractivity contribution in [3.05, 3.63) is 42.4 Å². The summed E-state index contributed by atoms with van der Waals surface area (Å²) in [4.78, 5) is 16.3. The van der Waals surface area contributed by atoms with Gasteiger partial charge >= 0.3 is 0 Å². The molecule has 0 bridgehead atoms. The number of nitrogens with one attached hydrogen (secondary N) is 1. The Morgan fingerprint density at radius 1 is 1.08 bits per heavy atom. The fourth-order valence-electron chi connectivity index (χ4n) is 3.47. The lowest BCUT2D eigenvalue weighted by Crippen LogP contribution is -2.42. The van der Waals surface area contributed by atoms with Crippen molar-refractivity contribution in [1.29, 1.82) is 0 Å². The molecule has 2 aromatic heterocycles. The van der Waals surface area contributed by atoms with Crippen LogP contribution in [0.5, 0.6) is 0 Å². The first kappa shape index (κ1) is 15.1. The number of benzene rings is 1. The minimum Gasteiger partial charge on any atom is -0.365 e. The van der Waals surface area contributed by atoms with Crippen LogP contribution in [0.25, 0.3) is 10.2 Å². The molecule has 5 nitrogen and oxygen atoms in total. The van der Waals surface area contributed by atoms with Gasteiger partial charge in [0, 0.05) is 31.2 Å². The fourth-order valence-corrected chi connectivity index (χ4v) is 4.47. The summed E-state index contributed by atoms with van der Waals surface area (Å²) in [6, 6.07) is 10.8. The molecule has 1 aliphatic carbocycles. The van der Waals surface area contributed by atoms with E-state index in [2.05, 4.69) is 39.5 Å². The number of thiazole rings is 1. The van der Waals surface area contributed by atoms with Crippen LogP contribution in [0.3, 0.4) is 0 Å². The molecule has 0 spiro atoms. The van der Waals surface area contributed by atoms with Gasteiger partial charge in [0.05, 0.1) is 10.2 Å². The fraction of sp³-hybridized carbons (Fsp3) is 0.421. The highest BCUT2D eigenvalue weighted by Gasteiger charge is 2.27. The van der Waals surface area contributed by atoms with Crippen LogP contribution in [0.4, 0.5) is 10.9 Å². The normalized spacial score (nSPS) is 20.8. The zero-order chi connectivity index (χ0) is 16.6. The number of nitrogens with zero attached hydrogens (tertiary/aromatic N) is 4. The maximum absolute atomic E-state index is 4.81. The topological polar surface area (TPSA) is 53.9 Å². The zero-order valence-corrected chi connectivity index (χ0v) is 14.9. The minimum atomic E-state index is 0.405. The largest absolute Gasteiger partial charge is 0.365 e. The van der Waals surface area contributed by atoms with Crippen molar-refractivity contribution in [3.8, 4) is 0 Å². The number of rotatable bonds is 4. The summed E-state index contributed by atoms with van der Waals surface area (Å²) in [5, 5.41) is 4.75. The molecule has 3 heterocycles. The molecule has 0 radical (unpaired) electrons. The second-order valence-electron chi connectivity index (χ2n) is 6.97. The van der Waals surface area contributed by atoms with Gasteiger partial charge in [-0.25, -0.2) is 15.0 Å². The molecule has 128 valence electrons. The van der Waals surface area contributed by atoms with Crippen LogP contribution >= 0.6 is 11.3 Å². The number of hydrogen-bond donors (Lipinski definition) is 1. The van der Waals surface area contributed by atoms with E-state index in [0.29, 0.717) is 12.0 Å². The Morgan fingerprint density at radius 2 is 2.00 bits per heavy atom. The Labute approximate surface area is 151 Å². The SMILES string of the molecule is c1ccc2sc(N3CCCC(Nc4ccnc(C5CC5)n4)C3)nc2c1. The van der Waals surface area contributed by atoms with E-state index in [1.165, 1.54) is 30.4 Å². The Kier molecular flexibility index (Phi) is 3.77. The molecule has 1 aromatic carbocycles. The molecule has 25 heavy (non-hydrogen) atoms. The predicted octanol–water partition coefficient (Wildman–Crippen LogP) is 4.04. The van der Waals surface area contributed by atoms with Gasteiger partial charge in [-0.15, -0.1) is 0 Å². The molecule has 6 heteroatoms. The van der Waals surface area contributed by atoms with E-state index in [1.807, 2.05) is 12.3 Å². The van der Waals surface area contributed by atoms with E-state index >= 15 is 0 Å². The predicted molar refractivity (Wildman–Crippen MR) is 102 cm³/mol. The van der Waals surface area contributed by atoms with Crippen molar-refractivity contribution in [2.24, 2.45) is 0 Å². The standard InChI is InChI=1S/C19H21N5S/c1-2-6-16-15(5-1)22-19(25-16)24-11-3-4-14(12-24)21-17-9-10-20-18(23-17)13-7-8-13/h1-2,5-6,9-10,13-14H,3-4,7-8,11-12H2,(H,20,21,23). The van der Waals surface area contributed by atoms with E-state index in [4.69, 9.17) is 9.97 Å². The molecule has 1 unspecified atom stereocenters. The second-order valence-corrected chi connectivity index (χ2v) is 7.98. The lowest BCUT2D eigenvalue weighted by atomic mass is 10.1. The van der Waals surface area contributed by atoms with Gasteiger partial charge in [-0.1, -0.05) is 23.5 Å². The number of para-hydroxylation sites is 1. The van der Waals surface area contributed by atoms with Gasteiger partial charge in [-0.3, -0.25) is 0 Å². The van der Waals surface area contributed by atoms with Gasteiger partial charge in [-0.2, -0.15) is 0 Å². The van der Waals surface area contributed by atoms with Crippen molar-refractivity contribution in [2.45, 2.75) is 37.6 Å². The minimum absolute atomic E-state index is 0.405. The van der Waals surface area contributed by atoms with Gasteiger partial charge < -0.3 is 10.2 Å². The number of hydrogen-bond acceptors (Lipinski definition) is 6. The lowest BCUT2D eigenvalue weighted by Gasteiger charge is -2.33. The molecule has 1 N–H and O–H groups in total. The summed E-state index contributed by atoms with van der Waals surface area (Å²) in [7, 11) is 0. The van der Waals surface area contributed by atoms with Crippen molar-refractivity contribution < 1.29 is 0 Å². The van der Waals surface area contributed by atoms with E-state index in [1.54, 1.807) is 11.3 Å². The van der Waals surface area contributed by atoms with Crippen molar-refractivity contribution >= 4 is 32.5 Å². The number of fused-ring (bicyclic) bond motifs is 1. The molecule has 1 saturated heterocycles. The molecule has 3 aromatic rings. The van der Waals surface area contributed by atoms with Crippen molar-refractivity contribution in [3.63, 3.8) is 0 Å². The maximum Gasteiger partial charge on any atom is 0.186 e. The van der Waals surface area contributed by atoms with Gasteiger partial charge in [-0.05, 0) is 43.9 Å². The Morgan fingerprint density at radius 3 is 2.88 bits per heavy atom. The lowest BCUT2D eigenvalue weighted by molar-refractivity contribution is 0.528. The summed E-state index contributed by atoms with van der Waals surface area (Å²) < 4.78 is 1.26. The molecule has 0 amide bonds. The molecule has 1 atom stereocenters. The highest BCUT2D eigenvalue weighted by molar-refractivity contribution is 7.22. The van der Waals surface area contributed by atoms with E-state index in [0.717, 1.165) is 35.4 Å². The zero-order valence-electron chi connectivity index (χ0n) is 14.1. The number of piperidine rings is 1. The molecule has 1 aliphatic heterocycles. The third kappa shape index (κ3) is 3.18. The van der Waals surface area contributed by atoms with E-state index in [9.17, 15) is 0 Å². The summed E-state index contributed by atoms with van der Waals surface area (Å²) in [5.74, 6) is 2.56. The van der Waals surface area contributed by atoms with E-state index < -0.39 is 0 Å². The average molecular weight is 351 g/mol. The van der Waals surface area contributed by atoms with Crippen LogP contribution in [0, 0.1) is 0 Å². The van der Waals surface area contributed by atoms with Crippen molar-refractivity contribution in [1.82, 2.24) is 15.0 Å². The Bertz CT molecular complexity index is 855. The quantitative estimate of drug-likeness (QED) is 0.769. The first-order valence-electron chi connectivity index (χ1n) is 9.05. The third-order valence-corrected chi connectivity index (χ3v) is 6.04. The van der Waals surface area contributed by atoms with Crippen LogP contribution in [0.1, 0.15) is 37.4 Å². The second kappa shape index (κ2) is 6.26. The van der Waals surface area contributed by atoms with Crippen LogP contribution < -0.4 is 10.2 Å². The Balaban J connectivity index is 1.31. The molecule has 2 fully saturated rings. The molecular formula is C19H21N5S. The molecule has 1 saturated carbocycles. The first-order chi connectivity index (χ1) is 12.3. The molecular weight excluding hydrogens is 330 g/mol. The summed E-state index contributed by atoms with van der Waals surface area (Å²) in [6.45, 7) is 2.05. The number of anilines is 2. The van der Waals surface area contributed by atoms with Crippen LogP contribution in [-0.4, -0.2) is 34.1 Å². The summed E-state index contributed by atoms with van der Waals surface area (Å²) in [5.41, 5.74) is 1.10. The van der Waals surface area contributed by atoms with E-state index in [-0.39, 0.29) is 0 Å². The first-order valence-corrected chi connectivity index (χ1v) is 9.87. The summed E-state index contributed by atoms with van der Waals surface area (Å²) >= 11 is 1.79. The van der Waals surface area contributed by atoms with Crippen molar-refractivity contribution in [2.75, 3.05) is 23.3 Å². The van der Waals surface area contributed by atoms with Gasteiger partial charge in [0.2, 0.25) is 0 Å². The molecule has 2 aliphatic rings. The van der Waals surface area contributed by atoms with Gasteiger partial charge in [0.1, 0.15) is 11.6 Å². The van der Waals surface area contributed by atoms with Crippen LogP contribution in [0.2, 0.25) is 0 Å². The Hall–Kier alpha value is -2.21. The monoisotopic (exact) mass is 351 g/mol. The number of aromatic nitrogens is 3. The highest BCUT2D eigenvalue weighted by atomic mass is 32.1. The van der Waals surface area contributed by atoms with Crippen LogP contribution in [0.15, 0.2) is 36.5 Å². The maximum atomic E-state index is 4.81. The smallest absolute Gasteiger partial charge is 0.186 e.